The quantitative estimate of drug-likeness (QED) is 0.310. The highest BCUT2D eigenvalue weighted by molar-refractivity contribution is 5.59. The molecule has 28 heavy (non-hydrogen) atoms. The van der Waals surface area contributed by atoms with E-state index in [1.807, 2.05) is 13.0 Å². The van der Waals surface area contributed by atoms with Crippen LogP contribution in [0, 0.1) is 12.8 Å². The molecule has 0 bridgehead atoms. The van der Waals surface area contributed by atoms with Gasteiger partial charge in [-0.15, -0.1) is 12.3 Å². The zero-order valence-corrected chi connectivity index (χ0v) is 17.2. The number of ether oxygens (including phenoxy) is 1. The van der Waals surface area contributed by atoms with Crippen LogP contribution < -0.4 is 4.74 Å². The Hall–Kier alpha value is -2.23. The maximum absolute atomic E-state index is 13.6. The van der Waals surface area contributed by atoms with Crippen LogP contribution in [-0.2, 0) is 5.60 Å². The summed E-state index contributed by atoms with van der Waals surface area (Å²) in [5.41, 5.74) is 2.11. The van der Waals surface area contributed by atoms with Crippen LogP contribution in [0.4, 0.5) is 13.2 Å². The van der Waals surface area contributed by atoms with E-state index in [1.165, 1.54) is 24.8 Å². The van der Waals surface area contributed by atoms with Crippen molar-refractivity contribution in [1.82, 2.24) is 0 Å². The lowest BCUT2D eigenvalue weighted by Gasteiger charge is -2.31. The highest BCUT2D eigenvalue weighted by atomic mass is 19.4. The third-order valence-corrected chi connectivity index (χ3v) is 4.38. The van der Waals surface area contributed by atoms with Gasteiger partial charge in [0.05, 0.1) is 7.11 Å². The zero-order chi connectivity index (χ0) is 21.5. The average Bonchev–Trinajstić information content (AvgIpc) is 2.58. The molecule has 1 unspecified atom stereocenters. The van der Waals surface area contributed by atoms with E-state index < -0.39 is 18.2 Å². The minimum absolute atomic E-state index is 0.0353. The summed E-state index contributed by atoms with van der Waals surface area (Å²) >= 11 is 0. The van der Waals surface area contributed by atoms with Gasteiger partial charge in [0.2, 0.25) is 0 Å². The Morgan fingerprint density at radius 3 is 2.46 bits per heavy atom. The van der Waals surface area contributed by atoms with Gasteiger partial charge in [0.25, 0.3) is 0 Å². The van der Waals surface area contributed by atoms with E-state index in [9.17, 15) is 18.3 Å². The molecule has 0 spiro atoms. The number of hydrogen-bond acceptors (Lipinski definition) is 2. The van der Waals surface area contributed by atoms with Crippen LogP contribution in [0.5, 0.6) is 5.75 Å². The molecule has 0 aliphatic rings. The molecule has 0 amide bonds. The van der Waals surface area contributed by atoms with E-state index in [4.69, 9.17) is 4.74 Å². The largest absolute Gasteiger partial charge is 0.496 e. The van der Waals surface area contributed by atoms with Gasteiger partial charge in [-0.1, -0.05) is 31.6 Å². The van der Waals surface area contributed by atoms with E-state index in [2.05, 4.69) is 26.2 Å². The number of alkyl halides is 3. The van der Waals surface area contributed by atoms with Gasteiger partial charge in [-0.25, -0.2) is 0 Å². The SMILES string of the molecule is C=CCC(O)(c1cc(C)c(C=C=C/C=C(\C)CC(C)C)cc1OC)C(F)(F)F. The fourth-order valence-corrected chi connectivity index (χ4v) is 2.98. The van der Waals surface area contributed by atoms with Crippen LogP contribution in [0.2, 0.25) is 0 Å². The number of rotatable bonds is 8. The standard InChI is InChI=1S/C23H29F3O2/c1-7-12-22(27,23(24,25)26)20-14-18(5)19(15-21(20)28-6)11-9-8-10-17(4)13-16(2)3/h7-8,10-11,14-16,27H,1,12-13H2,2-6H3/b17-10+. The van der Waals surface area contributed by atoms with E-state index in [-0.39, 0.29) is 11.3 Å². The van der Waals surface area contributed by atoms with Crippen molar-refractivity contribution < 1.29 is 23.0 Å². The fourth-order valence-electron chi connectivity index (χ4n) is 2.98. The summed E-state index contributed by atoms with van der Waals surface area (Å²) in [6.07, 6.45) is 1.92. The summed E-state index contributed by atoms with van der Waals surface area (Å²) in [6, 6.07) is 2.79. The lowest BCUT2D eigenvalue weighted by Crippen LogP contribution is -2.42. The Kier molecular flexibility index (Phi) is 8.34. The van der Waals surface area contributed by atoms with Crippen molar-refractivity contribution in [3.63, 3.8) is 0 Å². The van der Waals surface area contributed by atoms with Gasteiger partial charge in [0.15, 0.2) is 5.60 Å². The molecule has 0 aliphatic carbocycles. The van der Waals surface area contributed by atoms with Crippen LogP contribution >= 0.6 is 0 Å². The average molecular weight is 394 g/mol. The van der Waals surface area contributed by atoms with Crippen molar-refractivity contribution in [1.29, 1.82) is 0 Å². The third-order valence-electron chi connectivity index (χ3n) is 4.38. The Labute approximate surface area is 165 Å². The van der Waals surface area contributed by atoms with Crippen molar-refractivity contribution in [3.05, 3.63) is 64.9 Å². The number of methoxy groups -OCH3 is 1. The highest BCUT2D eigenvalue weighted by Crippen LogP contribution is 2.46. The topological polar surface area (TPSA) is 29.5 Å². The van der Waals surface area contributed by atoms with Gasteiger partial charge < -0.3 is 9.84 Å². The second-order valence-corrected chi connectivity index (χ2v) is 7.35. The smallest absolute Gasteiger partial charge is 0.421 e. The molecular formula is C23H29F3O2. The number of halogens is 3. The molecule has 1 rings (SSSR count). The predicted molar refractivity (Wildman–Crippen MR) is 108 cm³/mol. The van der Waals surface area contributed by atoms with Gasteiger partial charge in [-0.2, -0.15) is 13.2 Å². The summed E-state index contributed by atoms with van der Waals surface area (Å²) < 4.78 is 45.8. The van der Waals surface area contributed by atoms with E-state index >= 15 is 0 Å². The van der Waals surface area contributed by atoms with Crippen molar-refractivity contribution >= 4 is 6.08 Å². The Morgan fingerprint density at radius 2 is 1.96 bits per heavy atom. The lowest BCUT2D eigenvalue weighted by atomic mass is 9.86. The van der Waals surface area contributed by atoms with Gasteiger partial charge in [-0.3, -0.25) is 0 Å². The summed E-state index contributed by atoms with van der Waals surface area (Å²) in [7, 11) is 1.28. The zero-order valence-electron chi connectivity index (χ0n) is 17.2. The van der Waals surface area contributed by atoms with Gasteiger partial charge >= 0.3 is 6.18 Å². The molecule has 0 heterocycles. The van der Waals surface area contributed by atoms with Crippen LogP contribution in [0.1, 0.15) is 50.3 Å². The summed E-state index contributed by atoms with van der Waals surface area (Å²) in [5.74, 6) is 0.530. The molecule has 1 aromatic carbocycles. The molecular weight excluding hydrogens is 365 g/mol. The summed E-state index contributed by atoms with van der Waals surface area (Å²) in [4.78, 5) is 0. The Bertz CT molecular complexity index is 782. The maximum Gasteiger partial charge on any atom is 0.421 e. The number of hydrogen-bond donors (Lipinski definition) is 1. The Morgan fingerprint density at radius 1 is 1.32 bits per heavy atom. The molecule has 1 atom stereocenters. The van der Waals surface area contributed by atoms with Gasteiger partial charge in [0, 0.05) is 12.0 Å². The molecule has 1 aromatic rings. The fraction of sp³-hybridized carbons (Fsp3) is 0.435. The first-order chi connectivity index (χ1) is 13.0. The maximum atomic E-state index is 13.6. The third kappa shape index (κ3) is 5.88. The highest BCUT2D eigenvalue weighted by Gasteiger charge is 2.55. The lowest BCUT2D eigenvalue weighted by molar-refractivity contribution is -0.265. The summed E-state index contributed by atoms with van der Waals surface area (Å²) in [6.45, 7) is 11.3. The van der Waals surface area contributed by atoms with Gasteiger partial charge in [-0.05, 0) is 61.6 Å². The molecule has 0 aliphatic heterocycles. The monoisotopic (exact) mass is 394 g/mol. The van der Waals surface area contributed by atoms with Crippen LogP contribution in [0.25, 0.3) is 6.08 Å². The van der Waals surface area contributed by atoms with Gasteiger partial charge in [0.1, 0.15) is 5.75 Å². The van der Waals surface area contributed by atoms with Crippen LogP contribution in [0.3, 0.4) is 0 Å². The molecule has 0 radical (unpaired) electrons. The van der Waals surface area contributed by atoms with Crippen molar-refractivity contribution in [2.24, 2.45) is 5.92 Å². The number of benzene rings is 1. The minimum Gasteiger partial charge on any atom is -0.496 e. The first kappa shape index (κ1) is 23.8. The van der Waals surface area contributed by atoms with Crippen LogP contribution in [0.15, 0.2) is 48.2 Å². The second-order valence-electron chi connectivity index (χ2n) is 7.35. The van der Waals surface area contributed by atoms with E-state index in [0.717, 1.165) is 12.5 Å². The molecule has 0 saturated heterocycles. The van der Waals surface area contributed by atoms with E-state index in [0.29, 0.717) is 17.0 Å². The molecule has 0 fully saturated rings. The number of aryl methyl sites for hydroxylation is 1. The van der Waals surface area contributed by atoms with Crippen molar-refractivity contribution in [2.45, 2.75) is 52.3 Å². The number of aliphatic hydroxyl groups is 1. The van der Waals surface area contributed by atoms with E-state index in [1.54, 1.807) is 19.1 Å². The van der Waals surface area contributed by atoms with Crippen molar-refractivity contribution in [2.75, 3.05) is 7.11 Å². The molecule has 1 N–H and O–H groups in total. The molecule has 154 valence electrons. The molecule has 0 aromatic heterocycles. The normalized spacial score (nSPS) is 14.3. The first-order valence-corrected chi connectivity index (χ1v) is 9.13. The predicted octanol–water partition coefficient (Wildman–Crippen LogP) is 6.49. The summed E-state index contributed by atoms with van der Waals surface area (Å²) in [5, 5.41) is 10.4. The molecule has 0 saturated carbocycles. The minimum atomic E-state index is -4.86. The first-order valence-electron chi connectivity index (χ1n) is 9.13. The second kappa shape index (κ2) is 9.81. The molecule has 5 heteroatoms. The van der Waals surface area contributed by atoms with Crippen molar-refractivity contribution in [3.8, 4) is 5.75 Å². The molecule has 2 nitrogen and oxygen atoms in total. The van der Waals surface area contributed by atoms with Crippen LogP contribution in [-0.4, -0.2) is 18.4 Å². The Balaban J connectivity index is 3.36. The number of allylic oxidation sites excluding steroid dienone is 3.